The molecule has 1 rings (SSSR count). The molecule has 0 saturated carbocycles. The van der Waals surface area contributed by atoms with E-state index in [2.05, 4.69) is 4.74 Å². The first-order valence-corrected chi connectivity index (χ1v) is 4.32. The number of carbonyl (C=O) groups excluding carboxylic acids is 2. The fourth-order valence-corrected chi connectivity index (χ4v) is 0.898. The van der Waals surface area contributed by atoms with Crippen molar-refractivity contribution in [3.63, 3.8) is 0 Å². The third-order valence-corrected chi connectivity index (χ3v) is 1.56. The fraction of sp³-hybridized carbons (Fsp3) is 0. The van der Waals surface area contributed by atoms with Gasteiger partial charge >= 0.3 is 17.9 Å². The summed E-state index contributed by atoms with van der Waals surface area (Å²) in [6, 6.07) is 7.91. The molecule has 16 heavy (non-hydrogen) atoms. The molecular formula is C11H8O5. The first-order chi connectivity index (χ1) is 7.59. The molecule has 5 nitrogen and oxygen atoms in total. The summed E-state index contributed by atoms with van der Waals surface area (Å²) in [4.78, 5) is 32.3. The second kappa shape index (κ2) is 5.45. The molecule has 0 heterocycles. The van der Waals surface area contributed by atoms with Crippen LogP contribution in [0.2, 0.25) is 0 Å². The minimum absolute atomic E-state index is 0.222. The van der Waals surface area contributed by atoms with Gasteiger partial charge in [0.25, 0.3) is 0 Å². The third-order valence-electron chi connectivity index (χ3n) is 1.56. The second-order valence-corrected chi connectivity index (χ2v) is 2.75. The van der Waals surface area contributed by atoms with Crippen molar-refractivity contribution in [2.45, 2.75) is 0 Å². The molecule has 0 aliphatic heterocycles. The van der Waals surface area contributed by atoms with Crippen LogP contribution in [0, 0.1) is 0 Å². The zero-order valence-corrected chi connectivity index (χ0v) is 8.12. The van der Waals surface area contributed by atoms with Crippen molar-refractivity contribution in [2.24, 2.45) is 0 Å². The average molecular weight is 220 g/mol. The van der Waals surface area contributed by atoms with Gasteiger partial charge in [-0.05, 0) is 12.1 Å². The van der Waals surface area contributed by atoms with E-state index in [-0.39, 0.29) is 5.56 Å². The van der Waals surface area contributed by atoms with Crippen molar-refractivity contribution < 1.29 is 24.2 Å². The third kappa shape index (κ3) is 3.75. The van der Waals surface area contributed by atoms with Crippen molar-refractivity contribution in [2.75, 3.05) is 0 Å². The van der Waals surface area contributed by atoms with Crippen LogP contribution >= 0.6 is 0 Å². The van der Waals surface area contributed by atoms with E-state index in [1.54, 1.807) is 18.2 Å². The summed E-state index contributed by atoms with van der Waals surface area (Å²) in [6.45, 7) is 0. The summed E-state index contributed by atoms with van der Waals surface area (Å²) in [5.41, 5.74) is 0.222. The molecule has 1 aromatic carbocycles. The number of carboxylic acids is 1. The highest BCUT2D eigenvalue weighted by Crippen LogP contribution is 2.01. The predicted octanol–water partition coefficient (Wildman–Crippen LogP) is 1.01. The Labute approximate surface area is 91.0 Å². The number of ether oxygens (including phenoxy) is 1. The van der Waals surface area contributed by atoms with Gasteiger partial charge < -0.3 is 9.84 Å². The minimum Gasteiger partial charge on any atom is -0.478 e. The monoisotopic (exact) mass is 220 g/mol. The van der Waals surface area contributed by atoms with E-state index in [0.717, 1.165) is 0 Å². The normalized spacial score (nSPS) is 10.0. The summed E-state index contributed by atoms with van der Waals surface area (Å²) >= 11 is 0. The summed E-state index contributed by atoms with van der Waals surface area (Å²) < 4.78 is 4.36. The Hall–Kier alpha value is -2.43. The highest BCUT2D eigenvalue weighted by molar-refractivity contribution is 6.01. The highest BCUT2D eigenvalue weighted by Gasteiger charge is 2.09. The van der Waals surface area contributed by atoms with Gasteiger partial charge in [-0.25, -0.2) is 14.4 Å². The number of esters is 2. The molecule has 0 aromatic heterocycles. The van der Waals surface area contributed by atoms with Crippen LogP contribution in [0.4, 0.5) is 0 Å². The van der Waals surface area contributed by atoms with Crippen LogP contribution in [-0.2, 0) is 14.3 Å². The van der Waals surface area contributed by atoms with Gasteiger partial charge in [0.2, 0.25) is 0 Å². The van der Waals surface area contributed by atoms with Crippen LogP contribution in [0.25, 0.3) is 0 Å². The quantitative estimate of drug-likeness (QED) is 0.467. The molecule has 0 aliphatic rings. The number of carbonyl (C=O) groups is 3. The van der Waals surface area contributed by atoms with E-state index >= 15 is 0 Å². The molecule has 82 valence electrons. The van der Waals surface area contributed by atoms with Gasteiger partial charge in [0, 0.05) is 12.2 Å². The number of hydrogen-bond donors (Lipinski definition) is 1. The SMILES string of the molecule is O=C(O)/C=C/C(=O)OC(=O)c1ccccc1. The van der Waals surface area contributed by atoms with E-state index in [1.807, 2.05) is 0 Å². The van der Waals surface area contributed by atoms with Crippen LogP contribution in [0.5, 0.6) is 0 Å². The van der Waals surface area contributed by atoms with E-state index in [9.17, 15) is 14.4 Å². The Morgan fingerprint density at radius 1 is 1.06 bits per heavy atom. The minimum atomic E-state index is -1.29. The summed E-state index contributed by atoms with van der Waals surface area (Å²) in [6.07, 6.45) is 1.27. The van der Waals surface area contributed by atoms with Gasteiger partial charge in [-0.1, -0.05) is 18.2 Å². The van der Waals surface area contributed by atoms with Gasteiger partial charge in [-0.15, -0.1) is 0 Å². The molecule has 0 aliphatic carbocycles. The first-order valence-electron chi connectivity index (χ1n) is 4.32. The Kier molecular flexibility index (Phi) is 3.97. The number of aliphatic carboxylic acids is 1. The number of rotatable bonds is 3. The summed E-state index contributed by atoms with van der Waals surface area (Å²) in [5.74, 6) is -3.12. The lowest BCUT2D eigenvalue weighted by molar-refractivity contribution is -0.134. The summed E-state index contributed by atoms with van der Waals surface area (Å²) in [7, 11) is 0. The zero-order chi connectivity index (χ0) is 12.0. The maximum atomic E-state index is 11.3. The molecule has 0 bridgehead atoms. The van der Waals surface area contributed by atoms with E-state index < -0.39 is 17.9 Å². The van der Waals surface area contributed by atoms with Crippen molar-refractivity contribution in [3.8, 4) is 0 Å². The molecule has 0 saturated heterocycles. The standard InChI is InChI=1S/C11H8O5/c12-9(13)6-7-10(14)16-11(15)8-4-2-1-3-5-8/h1-7H,(H,12,13)/b7-6+. The lowest BCUT2D eigenvalue weighted by Gasteiger charge is -1.98. The number of carboxylic acid groups (broad SMARTS) is 1. The molecule has 0 unspecified atom stereocenters. The first kappa shape index (κ1) is 11.6. The molecule has 0 atom stereocenters. The van der Waals surface area contributed by atoms with Crippen LogP contribution in [0.15, 0.2) is 42.5 Å². The van der Waals surface area contributed by atoms with Crippen molar-refractivity contribution in [1.82, 2.24) is 0 Å². The fourth-order valence-electron chi connectivity index (χ4n) is 0.898. The lowest BCUT2D eigenvalue weighted by Crippen LogP contribution is -2.10. The Bertz CT molecular complexity index is 433. The number of benzene rings is 1. The topological polar surface area (TPSA) is 80.7 Å². The van der Waals surface area contributed by atoms with E-state index in [0.29, 0.717) is 12.2 Å². The van der Waals surface area contributed by atoms with Gasteiger partial charge in [-0.3, -0.25) is 0 Å². The van der Waals surface area contributed by atoms with E-state index in [1.165, 1.54) is 12.1 Å². The van der Waals surface area contributed by atoms with Crippen molar-refractivity contribution in [3.05, 3.63) is 48.0 Å². The van der Waals surface area contributed by atoms with Crippen LogP contribution in [0.1, 0.15) is 10.4 Å². The largest absolute Gasteiger partial charge is 0.478 e. The van der Waals surface area contributed by atoms with Crippen LogP contribution in [-0.4, -0.2) is 23.0 Å². The van der Waals surface area contributed by atoms with Gasteiger partial charge in [0.05, 0.1) is 5.56 Å². The lowest BCUT2D eigenvalue weighted by atomic mass is 10.2. The smallest absolute Gasteiger partial charge is 0.346 e. The summed E-state index contributed by atoms with van der Waals surface area (Å²) in [5, 5.41) is 8.23. The molecular weight excluding hydrogens is 212 g/mol. The Morgan fingerprint density at radius 3 is 2.25 bits per heavy atom. The molecule has 5 heteroatoms. The average Bonchev–Trinajstić information content (AvgIpc) is 2.27. The molecule has 0 radical (unpaired) electrons. The Morgan fingerprint density at radius 2 is 1.69 bits per heavy atom. The number of hydrogen-bond acceptors (Lipinski definition) is 4. The Balaban J connectivity index is 2.59. The van der Waals surface area contributed by atoms with E-state index in [4.69, 9.17) is 5.11 Å². The molecule has 0 amide bonds. The predicted molar refractivity (Wildman–Crippen MR) is 53.6 cm³/mol. The van der Waals surface area contributed by atoms with Gasteiger partial charge in [0.15, 0.2) is 0 Å². The van der Waals surface area contributed by atoms with Crippen molar-refractivity contribution >= 4 is 17.9 Å². The maximum absolute atomic E-state index is 11.3. The molecule has 0 fully saturated rings. The van der Waals surface area contributed by atoms with Gasteiger partial charge in [-0.2, -0.15) is 0 Å². The van der Waals surface area contributed by atoms with Crippen LogP contribution in [0.3, 0.4) is 0 Å². The molecule has 1 aromatic rings. The molecule has 1 N–H and O–H groups in total. The zero-order valence-electron chi connectivity index (χ0n) is 8.12. The highest BCUT2D eigenvalue weighted by atomic mass is 16.6. The van der Waals surface area contributed by atoms with Crippen molar-refractivity contribution in [1.29, 1.82) is 0 Å². The molecule has 0 spiro atoms. The van der Waals surface area contributed by atoms with Gasteiger partial charge in [0.1, 0.15) is 0 Å². The van der Waals surface area contributed by atoms with Crippen LogP contribution < -0.4 is 0 Å². The second-order valence-electron chi connectivity index (χ2n) is 2.75. The maximum Gasteiger partial charge on any atom is 0.346 e.